The van der Waals surface area contributed by atoms with Crippen LogP contribution >= 0.6 is 23.4 Å². The molecule has 2 rings (SSSR count). The Morgan fingerprint density at radius 3 is 2.94 bits per heavy atom. The third-order valence-electron chi connectivity index (χ3n) is 3.64. The molecule has 1 heterocycles. The predicted octanol–water partition coefficient (Wildman–Crippen LogP) is 4.67. The van der Waals surface area contributed by atoms with Crippen molar-refractivity contribution < 1.29 is 0 Å². The lowest BCUT2D eigenvalue weighted by molar-refractivity contribution is 0.413. The van der Waals surface area contributed by atoms with Crippen LogP contribution in [0.25, 0.3) is 0 Å². The van der Waals surface area contributed by atoms with Gasteiger partial charge in [-0.3, -0.25) is 0 Å². The standard InChI is InChI=1S/C15H22ClNS/c1-3-9-17-14(15(2)8-5-10-18-15)12-6-4-7-13(16)11-12/h4,6-7,11,14,17H,3,5,8-10H2,1-2H3. The van der Waals surface area contributed by atoms with Gasteiger partial charge >= 0.3 is 0 Å². The van der Waals surface area contributed by atoms with Crippen molar-refractivity contribution in [1.29, 1.82) is 0 Å². The lowest BCUT2D eigenvalue weighted by Gasteiger charge is -2.34. The van der Waals surface area contributed by atoms with Crippen molar-refractivity contribution in [2.45, 2.75) is 43.9 Å². The number of thioether (sulfide) groups is 1. The summed E-state index contributed by atoms with van der Waals surface area (Å²) in [5, 5.41) is 4.55. The number of nitrogens with one attached hydrogen (secondary N) is 1. The zero-order valence-electron chi connectivity index (χ0n) is 11.2. The Morgan fingerprint density at radius 1 is 1.50 bits per heavy atom. The van der Waals surface area contributed by atoms with Crippen LogP contribution in [-0.4, -0.2) is 17.0 Å². The molecule has 1 saturated heterocycles. The summed E-state index contributed by atoms with van der Waals surface area (Å²) in [5.74, 6) is 1.28. The van der Waals surface area contributed by atoms with E-state index in [0.29, 0.717) is 10.8 Å². The van der Waals surface area contributed by atoms with Gasteiger partial charge in [-0.25, -0.2) is 0 Å². The summed E-state index contributed by atoms with van der Waals surface area (Å²) in [5.41, 5.74) is 1.33. The molecule has 3 heteroatoms. The van der Waals surface area contributed by atoms with Crippen molar-refractivity contribution in [2.24, 2.45) is 0 Å². The Morgan fingerprint density at radius 2 is 2.33 bits per heavy atom. The second-order valence-corrected chi connectivity index (χ2v) is 7.27. The summed E-state index contributed by atoms with van der Waals surface area (Å²) in [4.78, 5) is 0. The summed E-state index contributed by atoms with van der Waals surface area (Å²) < 4.78 is 0.305. The van der Waals surface area contributed by atoms with Crippen LogP contribution in [0.1, 0.15) is 44.7 Å². The highest BCUT2D eigenvalue weighted by molar-refractivity contribution is 8.00. The van der Waals surface area contributed by atoms with E-state index in [1.165, 1.54) is 24.2 Å². The second-order valence-electron chi connectivity index (χ2n) is 5.21. The van der Waals surface area contributed by atoms with E-state index in [9.17, 15) is 0 Å². The fraction of sp³-hybridized carbons (Fsp3) is 0.600. The van der Waals surface area contributed by atoms with Gasteiger partial charge in [0.05, 0.1) is 0 Å². The Kier molecular flexibility index (Phi) is 4.99. The minimum absolute atomic E-state index is 0.305. The molecule has 1 aromatic carbocycles. The molecule has 0 radical (unpaired) electrons. The topological polar surface area (TPSA) is 12.0 Å². The van der Waals surface area contributed by atoms with Gasteiger partial charge in [-0.05, 0) is 56.2 Å². The van der Waals surface area contributed by atoms with Crippen molar-refractivity contribution in [3.05, 3.63) is 34.9 Å². The van der Waals surface area contributed by atoms with Gasteiger partial charge in [0.25, 0.3) is 0 Å². The van der Waals surface area contributed by atoms with E-state index in [1.54, 1.807) is 0 Å². The fourth-order valence-corrected chi connectivity index (χ4v) is 4.32. The highest BCUT2D eigenvalue weighted by Gasteiger charge is 2.38. The SMILES string of the molecule is CCCNC(c1cccc(Cl)c1)C1(C)CCCS1. The first-order valence-corrected chi connectivity index (χ1v) is 8.15. The minimum atomic E-state index is 0.305. The lowest BCUT2D eigenvalue weighted by Crippen LogP contribution is -2.38. The summed E-state index contributed by atoms with van der Waals surface area (Å²) in [6.07, 6.45) is 3.77. The average Bonchev–Trinajstić information content (AvgIpc) is 2.77. The normalized spacial score (nSPS) is 25.3. The van der Waals surface area contributed by atoms with E-state index in [-0.39, 0.29) is 0 Å². The van der Waals surface area contributed by atoms with E-state index < -0.39 is 0 Å². The monoisotopic (exact) mass is 283 g/mol. The average molecular weight is 284 g/mol. The van der Waals surface area contributed by atoms with E-state index >= 15 is 0 Å². The second kappa shape index (κ2) is 6.31. The maximum atomic E-state index is 6.14. The van der Waals surface area contributed by atoms with Gasteiger partial charge in [0.15, 0.2) is 0 Å². The Bertz CT molecular complexity index is 388. The highest BCUT2D eigenvalue weighted by atomic mass is 35.5. The molecule has 1 fully saturated rings. The summed E-state index contributed by atoms with van der Waals surface area (Å²) in [6.45, 7) is 5.67. The van der Waals surface area contributed by atoms with Crippen molar-refractivity contribution in [2.75, 3.05) is 12.3 Å². The Balaban J connectivity index is 2.24. The molecule has 0 aliphatic carbocycles. The maximum absolute atomic E-state index is 6.14. The molecule has 0 saturated carbocycles. The van der Waals surface area contributed by atoms with E-state index in [1.807, 2.05) is 6.07 Å². The number of halogens is 1. The fourth-order valence-electron chi connectivity index (χ4n) is 2.69. The largest absolute Gasteiger partial charge is 0.309 e. The molecule has 0 aromatic heterocycles. The van der Waals surface area contributed by atoms with Gasteiger partial charge in [-0.2, -0.15) is 11.8 Å². The van der Waals surface area contributed by atoms with Crippen LogP contribution in [0.5, 0.6) is 0 Å². The first-order valence-electron chi connectivity index (χ1n) is 6.78. The van der Waals surface area contributed by atoms with E-state index in [4.69, 9.17) is 11.6 Å². The molecular formula is C15H22ClNS. The van der Waals surface area contributed by atoms with Crippen LogP contribution in [0.4, 0.5) is 0 Å². The lowest BCUT2D eigenvalue weighted by atomic mass is 9.90. The molecule has 1 aromatic rings. The quantitative estimate of drug-likeness (QED) is 0.843. The number of rotatable bonds is 5. The van der Waals surface area contributed by atoms with Gasteiger partial charge < -0.3 is 5.32 Å². The minimum Gasteiger partial charge on any atom is -0.309 e. The van der Waals surface area contributed by atoms with E-state index in [2.05, 4.69) is 49.1 Å². The van der Waals surface area contributed by atoms with Crippen molar-refractivity contribution >= 4 is 23.4 Å². The first kappa shape index (κ1) is 14.2. The smallest absolute Gasteiger partial charge is 0.0467 e. The molecule has 1 N–H and O–H groups in total. The third kappa shape index (κ3) is 3.23. The molecule has 1 aliphatic rings. The predicted molar refractivity (Wildman–Crippen MR) is 82.6 cm³/mol. The molecule has 1 nitrogen and oxygen atoms in total. The summed E-state index contributed by atoms with van der Waals surface area (Å²) in [6, 6.07) is 8.72. The summed E-state index contributed by atoms with van der Waals surface area (Å²) >= 11 is 8.24. The van der Waals surface area contributed by atoms with E-state index in [0.717, 1.165) is 18.0 Å². The Hall–Kier alpha value is -0.180. The van der Waals surface area contributed by atoms with Gasteiger partial charge in [-0.15, -0.1) is 0 Å². The van der Waals surface area contributed by atoms with Gasteiger partial charge in [0.2, 0.25) is 0 Å². The van der Waals surface area contributed by atoms with Crippen LogP contribution in [0.3, 0.4) is 0 Å². The van der Waals surface area contributed by atoms with Crippen LogP contribution in [-0.2, 0) is 0 Å². The van der Waals surface area contributed by atoms with Crippen molar-refractivity contribution in [3.8, 4) is 0 Å². The molecule has 1 aliphatic heterocycles. The van der Waals surface area contributed by atoms with Gasteiger partial charge in [0.1, 0.15) is 0 Å². The molecule has 100 valence electrons. The first-order chi connectivity index (χ1) is 8.65. The zero-order valence-corrected chi connectivity index (χ0v) is 12.8. The number of hydrogen-bond acceptors (Lipinski definition) is 2. The van der Waals surface area contributed by atoms with Gasteiger partial charge in [-0.1, -0.05) is 30.7 Å². The number of hydrogen-bond donors (Lipinski definition) is 1. The van der Waals surface area contributed by atoms with Gasteiger partial charge in [0, 0.05) is 15.8 Å². The molecule has 0 amide bonds. The third-order valence-corrected chi connectivity index (χ3v) is 5.47. The molecule has 0 bridgehead atoms. The van der Waals surface area contributed by atoms with Crippen LogP contribution in [0.2, 0.25) is 5.02 Å². The van der Waals surface area contributed by atoms with Crippen molar-refractivity contribution in [3.63, 3.8) is 0 Å². The molecule has 2 unspecified atom stereocenters. The number of benzene rings is 1. The molecule has 18 heavy (non-hydrogen) atoms. The summed E-state index contributed by atoms with van der Waals surface area (Å²) in [7, 11) is 0. The highest BCUT2D eigenvalue weighted by Crippen LogP contribution is 2.46. The van der Waals surface area contributed by atoms with Crippen LogP contribution < -0.4 is 5.32 Å². The maximum Gasteiger partial charge on any atom is 0.0467 e. The zero-order chi connectivity index (χ0) is 13.0. The molecule has 2 atom stereocenters. The molecular weight excluding hydrogens is 262 g/mol. The van der Waals surface area contributed by atoms with Crippen molar-refractivity contribution in [1.82, 2.24) is 5.32 Å². The van der Waals surface area contributed by atoms with Crippen LogP contribution in [0.15, 0.2) is 24.3 Å². The Labute approximate surface area is 120 Å². The van der Waals surface area contributed by atoms with Crippen LogP contribution in [0, 0.1) is 0 Å². The molecule has 0 spiro atoms.